The van der Waals surface area contributed by atoms with Crippen LogP contribution in [0.15, 0.2) is 18.2 Å². The highest BCUT2D eigenvalue weighted by molar-refractivity contribution is 6.02. The molecule has 1 aromatic rings. The summed E-state index contributed by atoms with van der Waals surface area (Å²) in [6.45, 7) is 4.34. The lowest BCUT2D eigenvalue weighted by molar-refractivity contribution is -0.129. The van der Waals surface area contributed by atoms with E-state index in [2.05, 4.69) is 5.32 Å². The molecule has 106 valence electrons. The minimum atomic E-state index is -0.592. The van der Waals surface area contributed by atoms with Crippen LogP contribution in [0.5, 0.6) is 0 Å². The van der Waals surface area contributed by atoms with Crippen LogP contribution in [0, 0.1) is 6.92 Å². The Morgan fingerprint density at radius 2 is 2.25 bits per heavy atom. The van der Waals surface area contributed by atoms with Gasteiger partial charge in [0.15, 0.2) is 0 Å². The molecule has 1 aromatic carbocycles. The van der Waals surface area contributed by atoms with Crippen molar-refractivity contribution in [1.29, 1.82) is 0 Å². The number of rotatable bonds is 5. The predicted molar refractivity (Wildman–Crippen MR) is 74.0 cm³/mol. The predicted octanol–water partition coefficient (Wildman–Crippen LogP) is 1.39. The molecule has 2 rings (SSSR count). The lowest BCUT2D eigenvalue weighted by atomic mass is 10.1. The Morgan fingerprint density at radius 1 is 1.50 bits per heavy atom. The number of nitrogens with zero attached hydrogens (tertiary/aromatic N) is 1. The quantitative estimate of drug-likeness (QED) is 0.825. The zero-order chi connectivity index (χ0) is 14.7. The third kappa shape index (κ3) is 2.57. The molecule has 1 atom stereocenters. The fourth-order valence-corrected chi connectivity index (χ4v) is 2.58. The van der Waals surface area contributed by atoms with Gasteiger partial charge in [0.05, 0.1) is 0 Å². The molecule has 0 aliphatic carbocycles. The van der Waals surface area contributed by atoms with Gasteiger partial charge in [0.1, 0.15) is 6.04 Å². The minimum Gasteiger partial charge on any atom is -0.322 e. The van der Waals surface area contributed by atoms with Crippen molar-refractivity contribution in [2.75, 3.05) is 0 Å². The first-order valence-electron chi connectivity index (χ1n) is 6.73. The molecule has 0 bridgehead atoms. The molecule has 20 heavy (non-hydrogen) atoms. The number of aryl methyl sites for hydroxylation is 1. The SMILES string of the molecule is CCCC(C(=O)NC=O)N1Cc2cc(C)ccc2C1=O. The zero-order valence-electron chi connectivity index (χ0n) is 11.7. The summed E-state index contributed by atoms with van der Waals surface area (Å²) < 4.78 is 0. The van der Waals surface area contributed by atoms with Gasteiger partial charge in [0, 0.05) is 12.1 Å². The van der Waals surface area contributed by atoms with Crippen LogP contribution < -0.4 is 5.32 Å². The van der Waals surface area contributed by atoms with E-state index in [1.54, 1.807) is 11.0 Å². The van der Waals surface area contributed by atoms with E-state index < -0.39 is 11.9 Å². The van der Waals surface area contributed by atoms with Crippen LogP contribution in [-0.2, 0) is 16.1 Å². The summed E-state index contributed by atoms with van der Waals surface area (Å²) in [7, 11) is 0. The van der Waals surface area contributed by atoms with Crippen LogP contribution in [-0.4, -0.2) is 29.2 Å². The van der Waals surface area contributed by atoms with Crippen molar-refractivity contribution in [3.05, 3.63) is 34.9 Å². The number of imide groups is 1. The molecule has 0 saturated carbocycles. The summed E-state index contributed by atoms with van der Waals surface area (Å²) in [5, 5.41) is 2.15. The Kier molecular flexibility index (Phi) is 4.17. The van der Waals surface area contributed by atoms with E-state index >= 15 is 0 Å². The number of fused-ring (bicyclic) bond motifs is 1. The molecule has 0 spiro atoms. The van der Waals surface area contributed by atoms with Crippen molar-refractivity contribution in [3.63, 3.8) is 0 Å². The van der Waals surface area contributed by atoms with Crippen molar-refractivity contribution >= 4 is 18.2 Å². The van der Waals surface area contributed by atoms with E-state index in [0.717, 1.165) is 17.5 Å². The van der Waals surface area contributed by atoms with Crippen molar-refractivity contribution in [2.45, 2.75) is 39.3 Å². The number of hydrogen-bond acceptors (Lipinski definition) is 3. The summed E-state index contributed by atoms with van der Waals surface area (Å²) in [5.41, 5.74) is 2.67. The molecule has 0 aromatic heterocycles. The Labute approximate surface area is 118 Å². The Balaban J connectivity index is 2.26. The molecule has 0 fully saturated rings. The van der Waals surface area contributed by atoms with E-state index in [9.17, 15) is 14.4 Å². The zero-order valence-corrected chi connectivity index (χ0v) is 11.7. The van der Waals surface area contributed by atoms with Gasteiger partial charge in [-0.1, -0.05) is 31.0 Å². The fourth-order valence-electron chi connectivity index (χ4n) is 2.58. The normalized spacial score (nSPS) is 14.9. The Bertz CT molecular complexity index is 554. The summed E-state index contributed by atoms with van der Waals surface area (Å²) in [5.74, 6) is -0.556. The standard InChI is InChI=1S/C15H18N2O3/c1-3-4-13(14(19)16-9-18)17-8-11-7-10(2)5-6-12(11)15(17)20/h5-7,9,13H,3-4,8H2,1-2H3,(H,16,18,19). The molecular weight excluding hydrogens is 256 g/mol. The minimum absolute atomic E-state index is 0.139. The van der Waals surface area contributed by atoms with Crippen LogP contribution in [0.3, 0.4) is 0 Å². The second-order valence-corrected chi connectivity index (χ2v) is 5.02. The highest BCUT2D eigenvalue weighted by atomic mass is 16.2. The molecule has 1 aliphatic heterocycles. The number of carbonyl (C=O) groups excluding carboxylic acids is 3. The van der Waals surface area contributed by atoms with E-state index in [1.165, 1.54) is 0 Å². The molecule has 1 aliphatic rings. The molecule has 5 heteroatoms. The lowest BCUT2D eigenvalue weighted by Crippen LogP contribution is -2.46. The van der Waals surface area contributed by atoms with Gasteiger partial charge >= 0.3 is 0 Å². The maximum atomic E-state index is 12.4. The molecule has 3 amide bonds. The molecule has 1 heterocycles. The monoisotopic (exact) mass is 274 g/mol. The molecule has 1 N–H and O–H groups in total. The highest BCUT2D eigenvalue weighted by Gasteiger charge is 2.35. The molecule has 0 radical (unpaired) electrons. The van der Waals surface area contributed by atoms with E-state index in [0.29, 0.717) is 24.9 Å². The number of hydrogen-bond donors (Lipinski definition) is 1. The summed E-state index contributed by atoms with van der Waals surface area (Å²) in [6.07, 6.45) is 1.66. The van der Waals surface area contributed by atoms with Gasteiger partial charge in [-0.15, -0.1) is 0 Å². The van der Waals surface area contributed by atoms with Crippen LogP contribution in [0.2, 0.25) is 0 Å². The Hall–Kier alpha value is -2.17. The van der Waals surface area contributed by atoms with Crippen LogP contribution in [0.4, 0.5) is 0 Å². The summed E-state index contributed by atoms with van der Waals surface area (Å²) >= 11 is 0. The van der Waals surface area contributed by atoms with Crippen molar-refractivity contribution < 1.29 is 14.4 Å². The van der Waals surface area contributed by atoms with Gasteiger partial charge in [-0.3, -0.25) is 19.7 Å². The van der Waals surface area contributed by atoms with Gasteiger partial charge in [0.25, 0.3) is 5.91 Å². The van der Waals surface area contributed by atoms with Gasteiger partial charge in [0.2, 0.25) is 12.3 Å². The molecular formula is C15H18N2O3. The maximum absolute atomic E-state index is 12.4. The second-order valence-electron chi connectivity index (χ2n) is 5.02. The first-order valence-corrected chi connectivity index (χ1v) is 6.73. The average Bonchev–Trinajstić information content (AvgIpc) is 2.72. The Morgan fingerprint density at radius 3 is 2.90 bits per heavy atom. The average molecular weight is 274 g/mol. The van der Waals surface area contributed by atoms with Crippen molar-refractivity contribution in [1.82, 2.24) is 10.2 Å². The first-order chi connectivity index (χ1) is 9.58. The van der Waals surface area contributed by atoms with Crippen LogP contribution in [0.25, 0.3) is 0 Å². The van der Waals surface area contributed by atoms with Gasteiger partial charge < -0.3 is 4.90 Å². The second kappa shape index (κ2) is 5.86. The molecule has 5 nitrogen and oxygen atoms in total. The maximum Gasteiger partial charge on any atom is 0.255 e. The van der Waals surface area contributed by atoms with Crippen LogP contribution >= 0.6 is 0 Å². The number of nitrogens with one attached hydrogen (secondary N) is 1. The smallest absolute Gasteiger partial charge is 0.255 e. The van der Waals surface area contributed by atoms with Gasteiger partial charge in [-0.2, -0.15) is 0 Å². The largest absolute Gasteiger partial charge is 0.322 e. The van der Waals surface area contributed by atoms with E-state index in [1.807, 2.05) is 26.0 Å². The summed E-state index contributed by atoms with van der Waals surface area (Å²) in [6, 6.07) is 5.06. The lowest BCUT2D eigenvalue weighted by Gasteiger charge is -2.25. The third-order valence-electron chi connectivity index (χ3n) is 3.53. The topological polar surface area (TPSA) is 66.5 Å². The third-order valence-corrected chi connectivity index (χ3v) is 3.53. The van der Waals surface area contributed by atoms with Gasteiger partial charge in [-0.25, -0.2) is 0 Å². The van der Waals surface area contributed by atoms with Crippen molar-refractivity contribution in [2.24, 2.45) is 0 Å². The number of amides is 3. The van der Waals surface area contributed by atoms with Gasteiger partial charge in [-0.05, 0) is 25.0 Å². The van der Waals surface area contributed by atoms with Crippen LogP contribution in [0.1, 0.15) is 41.3 Å². The number of benzene rings is 1. The fraction of sp³-hybridized carbons (Fsp3) is 0.400. The molecule has 1 unspecified atom stereocenters. The number of carbonyl (C=O) groups is 3. The first kappa shape index (κ1) is 14.2. The van der Waals surface area contributed by atoms with E-state index in [4.69, 9.17) is 0 Å². The van der Waals surface area contributed by atoms with Crippen molar-refractivity contribution in [3.8, 4) is 0 Å². The molecule has 0 saturated heterocycles. The highest BCUT2D eigenvalue weighted by Crippen LogP contribution is 2.27. The summed E-state index contributed by atoms with van der Waals surface area (Å²) in [4.78, 5) is 36.3. The van der Waals surface area contributed by atoms with E-state index in [-0.39, 0.29) is 5.91 Å².